The van der Waals surface area contributed by atoms with Crippen LogP contribution in [0.4, 0.5) is 0 Å². The topological polar surface area (TPSA) is 53.5 Å². The van der Waals surface area contributed by atoms with E-state index in [0.717, 1.165) is 0 Å². The minimum Gasteiger partial charge on any atom is -0.321 e. The molecule has 1 aliphatic heterocycles. The summed E-state index contributed by atoms with van der Waals surface area (Å²) in [5, 5.41) is 7.14. The van der Waals surface area contributed by atoms with Crippen molar-refractivity contribution < 1.29 is 4.79 Å². The molecular weight excluding hydrogens is 234 g/mol. The Morgan fingerprint density at radius 1 is 1.33 bits per heavy atom. The van der Waals surface area contributed by atoms with Crippen LogP contribution in [0.1, 0.15) is 5.56 Å². The molecular formula is C9H8ClN3OS. The molecule has 1 atom stereocenters. The first-order valence-electron chi connectivity index (χ1n) is 4.25. The third kappa shape index (κ3) is 2.24. The summed E-state index contributed by atoms with van der Waals surface area (Å²) >= 11 is 9.76. The first-order valence-corrected chi connectivity index (χ1v) is 5.14. The number of halogens is 1. The highest BCUT2D eigenvalue weighted by Gasteiger charge is 2.20. The van der Waals surface area contributed by atoms with Crippen LogP contribution in [0.2, 0.25) is 5.02 Å². The van der Waals surface area contributed by atoms with E-state index in [1.807, 2.05) is 0 Å². The minimum atomic E-state index is -0.437. The third-order valence-corrected chi connectivity index (χ3v) is 2.40. The number of amides is 1. The fourth-order valence-electron chi connectivity index (χ4n) is 1.20. The summed E-state index contributed by atoms with van der Waals surface area (Å²) < 4.78 is 0. The van der Waals surface area contributed by atoms with Gasteiger partial charge in [-0.3, -0.25) is 10.2 Å². The van der Waals surface area contributed by atoms with Gasteiger partial charge in [-0.2, -0.15) is 5.10 Å². The monoisotopic (exact) mass is 241 g/mol. The van der Waals surface area contributed by atoms with Crippen molar-refractivity contribution in [3.05, 3.63) is 34.9 Å². The normalized spacial score (nSPS) is 20.3. The summed E-state index contributed by atoms with van der Waals surface area (Å²) in [7, 11) is 0. The number of carbonyl (C=O) groups is 1. The molecule has 0 aromatic heterocycles. The predicted octanol–water partition coefficient (Wildman–Crippen LogP) is 0.977. The fourth-order valence-corrected chi connectivity index (χ4v) is 1.51. The molecule has 0 fully saturated rings. The number of rotatable bonds is 1. The highest BCUT2D eigenvalue weighted by molar-refractivity contribution is 7.80. The minimum absolute atomic E-state index is 0.254. The molecule has 0 radical (unpaired) electrons. The lowest BCUT2D eigenvalue weighted by Gasteiger charge is -2.19. The Morgan fingerprint density at radius 3 is 2.60 bits per heavy atom. The lowest BCUT2D eigenvalue weighted by molar-refractivity contribution is -0.115. The maximum atomic E-state index is 11.5. The first kappa shape index (κ1) is 10.3. The van der Waals surface area contributed by atoms with Gasteiger partial charge < -0.3 is 5.32 Å². The molecule has 1 aromatic rings. The van der Waals surface area contributed by atoms with Gasteiger partial charge in [-0.15, -0.1) is 12.6 Å². The standard InChI is InChI=1S/C9H8ClN3OS/c10-6-3-1-5(2-4-6)7-8(14)11-9(15)13-12-7/h1-4,9,13,15H,(H,11,14). The molecule has 2 N–H and O–H groups in total. The highest BCUT2D eigenvalue weighted by Crippen LogP contribution is 2.11. The molecule has 0 saturated carbocycles. The Labute approximate surface area is 97.1 Å². The molecule has 1 aliphatic rings. The number of nitrogens with one attached hydrogen (secondary N) is 2. The van der Waals surface area contributed by atoms with Gasteiger partial charge >= 0.3 is 0 Å². The lowest BCUT2D eigenvalue weighted by Crippen LogP contribution is -2.48. The summed E-state index contributed by atoms with van der Waals surface area (Å²) in [5.74, 6) is -0.254. The van der Waals surface area contributed by atoms with Crippen LogP contribution < -0.4 is 10.7 Å². The van der Waals surface area contributed by atoms with Crippen molar-refractivity contribution in [2.75, 3.05) is 0 Å². The van der Waals surface area contributed by atoms with Gasteiger partial charge in [-0.1, -0.05) is 23.7 Å². The Bertz CT molecular complexity index is 418. The molecule has 15 heavy (non-hydrogen) atoms. The van der Waals surface area contributed by atoms with Crippen LogP contribution in [-0.4, -0.2) is 17.1 Å². The second-order valence-corrected chi connectivity index (χ2v) is 3.93. The quantitative estimate of drug-likeness (QED) is 0.642. The van der Waals surface area contributed by atoms with Crippen LogP contribution in [-0.2, 0) is 4.79 Å². The van der Waals surface area contributed by atoms with E-state index >= 15 is 0 Å². The van der Waals surface area contributed by atoms with Gasteiger partial charge in [0.05, 0.1) is 0 Å². The molecule has 1 aromatic carbocycles. The smallest absolute Gasteiger partial charge is 0.274 e. The molecule has 0 saturated heterocycles. The summed E-state index contributed by atoms with van der Waals surface area (Å²) in [5.41, 5.74) is 3.27. The van der Waals surface area contributed by atoms with Gasteiger partial charge in [0.1, 0.15) is 0 Å². The largest absolute Gasteiger partial charge is 0.321 e. The SMILES string of the molecule is O=C1NC(S)NN=C1c1ccc(Cl)cc1. The number of hydrogen-bond acceptors (Lipinski definition) is 4. The molecule has 1 heterocycles. The maximum Gasteiger partial charge on any atom is 0.274 e. The van der Waals surface area contributed by atoms with Gasteiger partial charge in [0, 0.05) is 10.6 Å². The summed E-state index contributed by atoms with van der Waals surface area (Å²) in [4.78, 5) is 11.5. The zero-order valence-corrected chi connectivity index (χ0v) is 9.22. The fraction of sp³-hybridized carbons (Fsp3) is 0.111. The van der Waals surface area contributed by atoms with Crippen LogP contribution in [0.5, 0.6) is 0 Å². The Kier molecular flexibility index (Phi) is 2.83. The lowest BCUT2D eigenvalue weighted by atomic mass is 10.1. The van der Waals surface area contributed by atoms with Gasteiger partial charge in [0.15, 0.2) is 11.2 Å². The Hall–Kier alpha value is -1.20. The van der Waals surface area contributed by atoms with Crippen LogP contribution in [0, 0.1) is 0 Å². The Balaban J connectivity index is 2.31. The van der Waals surface area contributed by atoms with Crippen LogP contribution in [0.15, 0.2) is 29.4 Å². The molecule has 2 rings (SSSR count). The summed E-state index contributed by atoms with van der Waals surface area (Å²) in [6.07, 6.45) is 0. The van der Waals surface area contributed by atoms with Crippen molar-refractivity contribution in [2.24, 2.45) is 5.10 Å². The molecule has 1 unspecified atom stereocenters. The highest BCUT2D eigenvalue weighted by atomic mass is 35.5. The van der Waals surface area contributed by atoms with Crippen molar-refractivity contribution in [3.8, 4) is 0 Å². The molecule has 0 spiro atoms. The maximum absolute atomic E-state index is 11.5. The van der Waals surface area contributed by atoms with Crippen molar-refractivity contribution in [3.63, 3.8) is 0 Å². The second-order valence-electron chi connectivity index (χ2n) is 2.97. The van der Waals surface area contributed by atoms with Crippen molar-refractivity contribution in [1.29, 1.82) is 0 Å². The number of nitrogens with zero attached hydrogens (tertiary/aromatic N) is 1. The average Bonchev–Trinajstić information content (AvgIpc) is 2.20. The first-order chi connectivity index (χ1) is 7.16. The predicted molar refractivity (Wildman–Crippen MR) is 62.0 cm³/mol. The van der Waals surface area contributed by atoms with Gasteiger partial charge in [-0.05, 0) is 12.1 Å². The van der Waals surface area contributed by atoms with Gasteiger partial charge in [0.25, 0.3) is 5.91 Å². The van der Waals surface area contributed by atoms with Gasteiger partial charge in [-0.25, -0.2) is 0 Å². The van der Waals surface area contributed by atoms with Crippen molar-refractivity contribution >= 4 is 35.8 Å². The van der Waals surface area contributed by atoms with Crippen molar-refractivity contribution in [2.45, 2.75) is 5.50 Å². The molecule has 4 nitrogen and oxygen atoms in total. The zero-order valence-electron chi connectivity index (χ0n) is 7.57. The molecule has 78 valence electrons. The average molecular weight is 242 g/mol. The molecule has 6 heteroatoms. The van der Waals surface area contributed by atoms with E-state index in [1.165, 1.54) is 0 Å². The third-order valence-electron chi connectivity index (χ3n) is 1.90. The zero-order chi connectivity index (χ0) is 10.8. The van der Waals surface area contributed by atoms with E-state index < -0.39 is 5.50 Å². The molecule has 0 aliphatic carbocycles. The van der Waals surface area contributed by atoms with E-state index in [9.17, 15) is 4.79 Å². The molecule has 0 bridgehead atoms. The van der Waals surface area contributed by atoms with Crippen LogP contribution in [0.3, 0.4) is 0 Å². The number of hydrogen-bond donors (Lipinski definition) is 3. The summed E-state index contributed by atoms with van der Waals surface area (Å²) in [6.45, 7) is 0. The number of carbonyl (C=O) groups excluding carboxylic acids is 1. The number of hydrazone groups is 1. The molecule has 1 amide bonds. The van der Waals surface area contributed by atoms with E-state index in [1.54, 1.807) is 24.3 Å². The summed E-state index contributed by atoms with van der Waals surface area (Å²) in [6, 6.07) is 6.89. The van der Waals surface area contributed by atoms with E-state index in [2.05, 4.69) is 28.5 Å². The Morgan fingerprint density at radius 2 is 2.00 bits per heavy atom. The van der Waals surface area contributed by atoms with Crippen LogP contribution >= 0.6 is 24.2 Å². The van der Waals surface area contributed by atoms with Gasteiger partial charge in [0.2, 0.25) is 0 Å². The van der Waals surface area contributed by atoms with Crippen molar-refractivity contribution in [1.82, 2.24) is 10.7 Å². The second kappa shape index (κ2) is 4.12. The van der Waals surface area contributed by atoms with E-state index in [0.29, 0.717) is 16.3 Å². The van der Waals surface area contributed by atoms with E-state index in [-0.39, 0.29) is 5.91 Å². The number of thiol groups is 1. The van der Waals surface area contributed by atoms with Crippen LogP contribution in [0.25, 0.3) is 0 Å². The number of benzene rings is 1. The van der Waals surface area contributed by atoms with E-state index in [4.69, 9.17) is 11.6 Å².